The highest BCUT2D eigenvalue weighted by atomic mass is 32.2. The summed E-state index contributed by atoms with van der Waals surface area (Å²) >= 11 is 0. The lowest BCUT2D eigenvalue weighted by Gasteiger charge is -2.05. The van der Waals surface area contributed by atoms with Crippen LogP contribution in [0.25, 0.3) is 0 Å². The summed E-state index contributed by atoms with van der Waals surface area (Å²) in [5, 5.41) is 0. The number of primary amides is 1. The van der Waals surface area contributed by atoms with Gasteiger partial charge in [0.2, 0.25) is 4.93 Å². The van der Waals surface area contributed by atoms with E-state index in [9.17, 15) is 13.2 Å². The average molecular weight is 165 g/mol. The molecule has 0 aliphatic heterocycles. The highest BCUT2D eigenvalue weighted by Gasteiger charge is 2.50. The number of hydrogen-bond acceptors (Lipinski definition) is 4. The van der Waals surface area contributed by atoms with E-state index in [-0.39, 0.29) is 0 Å². The van der Waals surface area contributed by atoms with Crippen molar-refractivity contribution in [2.45, 2.75) is 17.8 Å². The lowest BCUT2D eigenvalue weighted by molar-refractivity contribution is 0.133. The molecule has 1 aliphatic carbocycles. The van der Waals surface area contributed by atoms with E-state index in [1.165, 1.54) is 0 Å². The maximum Gasteiger partial charge on any atom is 0.406 e. The fourth-order valence-electron chi connectivity index (χ4n) is 0.616. The van der Waals surface area contributed by atoms with Crippen molar-refractivity contribution in [1.29, 1.82) is 0 Å². The van der Waals surface area contributed by atoms with E-state index in [1.807, 2.05) is 0 Å². The Balaban J connectivity index is 2.62. The molecular weight excluding hydrogens is 158 g/mol. The monoisotopic (exact) mass is 165 g/mol. The van der Waals surface area contributed by atoms with Gasteiger partial charge in [-0.15, -0.1) is 0 Å². The number of amides is 1. The van der Waals surface area contributed by atoms with E-state index in [4.69, 9.17) is 0 Å². The van der Waals surface area contributed by atoms with Crippen molar-refractivity contribution in [2.24, 2.45) is 5.73 Å². The van der Waals surface area contributed by atoms with Gasteiger partial charge in [-0.3, -0.25) is 0 Å². The predicted octanol–water partition coefficient (Wildman–Crippen LogP) is -0.817. The second-order valence-corrected chi connectivity index (χ2v) is 3.45. The highest BCUT2D eigenvalue weighted by Crippen LogP contribution is 2.40. The van der Waals surface area contributed by atoms with Crippen LogP contribution in [0.2, 0.25) is 0 Å². The fraction of sp³-hybridized carbons (Fsp3) is 0.750. The molecule has 0 spiro atoms. The number of thiol groups is 1. The number of nitrogens with two attached hydrogens (primary N) is 1. The molecule has 0 aromatic carbocycles. The average Bonchev–Trinajstić information content (AvgIpc) is 2.46. The molecule has 2 N–H and O–H groups in total. The zero-order valence-electron chi connectivity index (χ0n) is 5.07. The van der Waals surface area contributed by atoms with Gasteiger partial charge in [0.05, 0.1) is 0 Å². The van der Waals surface area contributed by atoms with E-state index >= 15 is 0 Å². The van der Waals surface area contributed by atoms with Crippen LogP contribution in [-0.2, 0) is 15.4 Å². The summed E-state index contributed by atoms with van der Waals surface area (Å²) in [7, 11) is -2.69. The number of hydrogen-bond donors (Lipinski definition) is 2. The minimum atomic E-state index is -2.69. The molecule has 6 heteroatoms. The summed E-state index contributed by atoms with van der Waals surface area (Å²) in [6.45, 7) is 0. The van der Waals surface area contributed by atoms with E-state index in [1.54, 1.807) is 0 Å². The Morgan fingerprint density at radius 2 is 2.00 bits per heavy atom. The van der Waals surface area contributed by atoms with Crippen molar-refractivity contribution in [2.75, 3.05) is 0 Å². The van der Waals surface area contributed by atoms with Crippen LogP contribution in [-0.4, -0.2) is 19.4 Å². The topological polar surface area (TPSA) is 86.5 Å². The Morgan fingerprint density at radius 3 is 2.10 bits per heavy atom. The van der Waals surface area contributed by atoms with Crippen LogP contribution in [0.4, 0.5) is 4.79 Å². The molecule has 1 saturated carbocycles. The molecule has 10 heavy (non-hydrogen) atoms. The quantitative estimate of drug-likeness (QED) is 0.523. The lowest BCUT2D eigenvalue weighted by atomic mass is 10.8. The molecule has 1 fully saturated rings. The first-order valence-electron chi connectivity index (χ1n) is 2.70. The van der Waals surface area contributed by atoms with Crippen LogP contribution in [0.5, 0.6) is 0 Å². The molecule has 0 bridgehead atoms. The van der Waals surface area contributed by atoms with Crippen molar-refractivity contribution in [3.8, 4) is 0 Å². The van der Waals surface area contributed by atoms with Crippen molar-refractivity contribution in [3.63, 3.8) is 0 Å². The number of carbonyl (C=O) groups is 1. The third kappa shape index (κ3) is 1.21. The van der Waals surface area contributed by atoms with Crippen molar-refractivity contribution >= 4 is 16.8 Å². The molecule has 0 aromatic heterocycles. The van der Waals surface area contributed by atoms with Gasteiger partial charge < -0.3 is 10.5 Å². The standard InChI is InChI=1S/C4H7NO4S/c5-3(6)9-4(1-2-4)10(7)8/h10H,1-2H2,(H2,5,6). The lowest BCUT2D eigenvalue weighted by Crippen LogP contribution is -2.25. The molecule has 1 amide bonds. The normalized spacial score (nSPS) is 20.5. The van der Waals surface area contributed by atoms with Gasteiger partial charge >= 0.3 is 6.09 Å². The van der Waals surface area contributed by atoms with Crippen LogP contribution in [0, 0.1) is 0 Å². The summed E-state index contributed by atoms with van der Waals surface area (Å²) in [6, 6.07) is 0. The number of ether oxygens (including phenoxy) is 1. The largest absolute Gasteiger partial charge is 0.427 e. The zero-order valence-corrected chi connectivity index (χ0v) is 5.97. The van der Waals surface area contributed by atoms with Crippen molar-refractivity contribution in [1.82, 2.24) is 0 Å². The number of carbonyl (C=O) groups excluding carboxylic acids is 1. The Kier molecular flexibility index (Phi) is 1.55. The summed E-state index contributed by atoms with van der Waals surface area (Å²) in [6.07, 6.45) is -0.291. The van der Waals surface area contributed by atoms with Gasteiger partial charge in [-0.25, -0.2) is 13.2 Å². The van der Waals surface area contributed by atoms with Crippen molar-refractivity contribution in [3.05, 3.63) is 0 Å². The molecule has 1 rings (SSSR count). The van der Waals surface area contributed by atoms with Crippen LogP contribution in [0.1, 0.15) is 12.8 Å². The minimum Gasteiger partial charge on any atom is -0.427 e. The molecule has 0 heterocycles. The fourth-order valence-corrected chi connectivity index (χ4v) is 1.26. The van der Waals surface area contributed by atoms with Crippen LogP contribution in [0.15, 0.2) is 0 Å². The van der Waals surface area contributed by atoms with Gasteiger partial charge in [0.1, 0.15) is 0 Å². The minimum absolute atomic E-state index is 0.370. The summed E-state index contributed by atoms with van der Waals surface area (Å²) < 4.78 is 25.0. The van der Waals surface area contributed by atoms with Crippen LogP contribution < -0.4 is 5.73 Å². The van der Waals surface area contributed by atoms with E-state index in [0.717, 1.165) is 0 Å². The Labute approximate surface area is 59.1 Å². The maximum absolute atomic E-state index is 10.3. The maximum atomic E-state index is 10.3. The van der Waals surface area contributed by atoms with E-state index in [2.05, 4.69) is 10.5 Å². The second kappa shape index (κ2) is 2.12. The van der Waals surface area contributed by atoms with Crippen molar-refractivity contribution < 1.29 is 17.9 Å². The first-order valence-corrected chi connectivity index (χ1v) is 3.87. The van der Waals surface area contributed by atoms with Gasteiger partial charge in [0, 0.05) is 12.8 Å². The summed E-state index contributed by atoms with van der Waals surface area (Å²) in [5.74, 6) is 0. The Bertz CT molecular complexity index is 221. The summed E-state index contributed by atoms with van der Waals surface area (Å²) in [5.41, 5.74) is 4.63. The first-order chi connectivity index (χ1) is 4.57. The molecule has 0 aromatic rings. The molecule has 5 nitrogen and oxygen atoms in total. The number of rotatable bonds is 2. The smallest absolute Gasteiger partial charge is 0.406 e. The predicted molar refractivity (Wildman–Crippen MR) is 32.9 cm³/mol. The Morgan fingerprint density at radius 1 is 1.50 bits per heavy atom. The molecular formula is C4H7NO4S. The molecule has 0 unspecified atom stereocenters. The van der Waals surface area contributed by atoms with Crippen LogP contribution >= 0.6 is 0 Å². The molecule has 0 radical (unpaired) electrons. The second-order valence-electron chi connectivity index (χ2n) is 2.12. The van der Waals surface area contributed by atoms with Gasteiger partial charge in [-0.2, -0.15) is 0 Å². The molecule has 58 valence electrons. The zero-order chi connectivity index (χ0) is 7.78. The first kappa shape index (κ1) is 7.33. The van der Waals surface area contributed by atoms with Gasteiger partial charge in [0.15, 0.2) is 10.7 Å². The third-order valence-electron chi connectivity index (χ3n) is 1.30. The van der Waals surface area contributed by atoms with Gasteiger partial charge in [-0.05, 0) is 0 Å². The Hall–Kier alpha value is -0.780. The van der Waals surface area contributed by atoms with Gasteiger partial charge in [0.25, 0.3) is 0 Å². The van der Waals surface area contributed by atoms with E-state index < -0.39 is 21.7 Å². The molecule has 0 saturated heterocycles. The molecule has 1 aliphatic rings. The SMILES string of the molecule is NC(=O)OC1([SH](=O)=O)CC1. The van der Waals surface area contributed by atoms with Crippen LogP contribution in [0.3, 0.4) is 0 Å². The van der Waals surface area contributed by atoms with Gasteiger partial charge in [-0.1, -0.05) is 0 Å². The third-order valence-corrected chi connectivity index (χ3v) is 2.51. The molecule has 0 atom stereocenters. The summed E-state index contributed by atoms with van der Waals surface area (Å²) in [4.78, 5) is 8.84. The highest BCUT2D eigenvalue weighted by molar-refractivity contribution is 7.74. The van der Waals surface area contributed by atoms with E-state index in [0.29, 0.717) is 12.8 Å².